The number of H-pyrrole nitrogens is 1. The van der Waals surface area contributed by atoms with Crippen molar-refractivity contribution >= 4 is 0 Å². The van der Waals surface area contributed by atoms with Gasteiger partial charge in [-0.3, -0.25) is 4.79 Å². The highest BCUT2D eigenvalue weighted by atomic mass is 16.1. The van der Waals surface area contributed by atoms with E-state index in [-0.39, 0.29) is 5.56 Å². The molecule has 98 valence electrons. The van der Waals surface area contributed by atoms with Gasteiger partial charge in [-0.25, -0.2) is 15.0 Å². The average molecular weight is 257 g/mol. The SMILES string of the molecule is Cc1nccc(-c2nc(CNC3CC3)cc(=O)[nH]2)n1. The second-order valence-electron chi connectivity index (χ2n) is 4.73. The van der Waals surface area contributed by atoms with Crippen LogP contribution in [-0.4, -0.2) is 26.0 Å². The van der Waals surface area contributed by atoms with Crippen LogP contribution in [0.5, 0.6) is 0 Å². The van der Waals surface area contributed by atoms with Gasteiger partial charge < -0.3 is 10.3 Å². The molecule has 2 heterocycles. The van der Waals surface area contributed by atoms with Crippen molar-refractivity contribution in [1.82, 2.24) is 25.3 Å². The van der Waals surface area contributed by atoms with Crippen LogP contribution in [0.2, 0.25) is 0 Å². The number of hydrogen-bond donors (Lipinski definition) is 2. The van der Waals surface area contributed by atoms with Gasteiger partial charge in [0.15, 0.2) is 5.82 Å². The lowest BCUT2D eigenvalue weighted by Crippen LogP contribution is -2.19. The Morgan fingerprint density at radius 2 is 2.26 bits per heavy atom. The molecule has 2 aromatic rings. The molecule has 2 aromatic heterocycles. The zero-order valence-corrected chi connectivity index (χ0v) is 10.7. The lowest BCUT2D eigenvalue weighted by molar-refractivity contribution is 0.672. The molecule has 0 aliphatic heterocycles. The molecule has 2 N–H and O–H groups in total. The van der Waals surface area contributed by atoms with Crippen LogP contribution in [0, 0.1) is 6.92 Å². The van der Waals surface area contributed by atoms with E-state index in [0.717, 1.165) is 5.69 Å². The van der Waals surface area contributed by atoms with Crippen molar-refractivity contribution in [3.05, 3.63) is 40.2 Å². The lowest BCUT2D eigenvalue weighted by atomic mass is 10.3. The summed E-state index contributed by atoms with van der Waals surface area (Å²) in [6.07, 6.45) is 4.08. The standard InChI is InChI=1S/C13H15N5O/c1-8-14-5-4-11(16-8)13-17-10(6-12(19)18-13)7-15-9-2-3-9/h4-6,9,15H,2-3,7H2,1H3,(H,17,18,19). The van der Waals surface area contributed by atoms with Gasteiger partial charge in [0.2, 0.25) is 0 Å². The van der Waals surface area contributed by atoms with Crippen molar-refractivity contribution < 1.29 is 0 Å². The van der Waals surface area contributed by atoms with E-state index in [2.05, 4.69) is 25.3 Å². The zero-order valence-electron chi connectivity index (χ0n) is 10.7. The number of aromatic nitrogens is 4. The fraction of sp³-hybridized carbons (Fsp3) is 0.385. The molecule has 3 rings (SSSR count). The fourth-order valence-corrected chi connectivity index (χ4v) is 1.84. The Bertz CT molecular complexity index is 647. The van der Waals surface area contributed by atoms with E-state index < -0.39 is 0 Å². The van der Waals surface area contributed by atoms with Gasteiger partial charge in [0.1, 0.15) is 11.5 Å². The van der Waals surface area contributed by atoms with Gasteiger partial charge in [-0.2, -0.15) is 0 Å². The summed E-state index contributed by atoms with van der Waals surface area (Å²) >= 11 is 0. The molecule has 6 heteroatoms. The monoisotopic (exact) mass is 257 g/mol. The second-order valence-corrected chi connectivity index (χ2v) is 4.73. The molecule has 1 aliphatic carbocycles. The Morgan fingerprint density at radius 1 is 1.42 bits per heavy atom. The predicted molar refractivity (Wildman–Crippen MR) is 70.5 cm³/mol. The summed E-state index contributed by atoms with van der Waals surface area (Å²) < 4.78 is 0. The summed E-state index contributed by atoms with van der Waals surface area (Å²) in [7, 11) is 0. The third kappa shape index (κ3) is 3.03. The van der Waals surface area contributed by atoms with Crippen LogP contribution in [0.4, 0.5) is 0 Å². The van der Waals surface area contributed by atoms with E-state index in [1.807, 2.05) is 0 Å². The maximum absolute atomic E-state index is 11.7. The number of rotatable bonds is 4. The van der Waals surface area contributed by atoms with Gasteiger partial charge >= 0.3 is 0 Å². The third-order valence-corrected chi connectivity index (χ3v) is 2.96. The predicted octanol–water partition coefficient (Wildman–Crippen LogP) is 0.787. The summed E-state index contributed by atoms with van der Waals surface area (Å²) in [6.45, 7) is 2.42. The number of nitrogens with zero attached hydrogens (tertiary/aromatic N) is 3. The number of hydrogen-bond acceptors (Lipinski definition) is 5. The van der Waals surface area contributed by atoms with E-state index in [1.54, 1.807) is 19.2 Å². The summed E-state index contributed by atoms with van der Waals surface area (Å²) in [5.74, 6) is 1.15. The maximum atomic E-state index is 11.7. The first kappa shape index (κ1) is 12.0. The summed E-state index contributed by atoms with van der Waals surface area (Å²) in [4.78, 5) is 27.1. The van der Waals surface area contributed by atoms with E-state index in [0.29, 0.717) is 29.9 Å². The Morgan fingerprint density at radius 3 is 3.00 bits per heavy atom. The Hall–Kier alpha value is -2.08. The van der Waals surface area contributed by atoms with Crippen LogP contribution in [0.15, 0.2) is 23.1 Å². The molecular weight excluding hydrogens is 242 g/mol. The fourth-order valence-electron chi connectivity index (χ4n) is 1.84. The van der Waals surface area contributed by atoms with Gasteiger partial charge in [0.25, 0.3) is 5.56 Å². The van der Waals surface area contributed by atoms with Crippen molar-refractivity contribution in [3.63, 3.8) is 0 Å². The first-order chi connectivity index (χ1) is 9.20. The first-order valence-electron chi connectivity index (χ1n) is 6.34. The molecular formula is C13H15N5O. The zero-order chi connectivity index (χ0) is 13.2. The minimum atomic E-state index is -0.158. The molecule has 1 fully saturated rings. The normalized spacial score (nSPS) is 14.6. The van der Waals surface area contributed by atoms with Crippen LogP contribution >= 0.6 is 0 Å². The van der Waals surface area contributed by atoms with Gasteiger partial charge in [0, 0.05) is 24.8 Å². The summed E-state index contributed by atoms with van der Waals surface area (Å²) in [5, 5.41) is 3.34. The van der Waals surface area contributed by atoms with E-state index in [1.165, 1.54) is 18.9 Å². The van der Waals surface area contributed by atoms with Crippen LogP contribution in [0.3, 0.4) is 0 Å². The molecule has 0 amide bonds. The molecule has 0 aromatic carbocycles. The molecule has 0 spiro atoms. The Labute approximate surface area is 110 Å². The minimum absolute atomic E-state index is 0.158. The molecule has 0 atom stereocenters. The van der Waals surface area contributed by atoms with Crippen LogP contribution in [0.1, 0.15) is 24.4 Å². The number of aromatic amines is 1. The topological polar surface area (TPSA) is 83.6 Å². The van der Waals surface area contributed by atoms with Gasteiger partial charge in [-0.1, -0.05) is 0 Å². The van der Waals surface area contributed by atoms with E-state index in [9.17, 15) is 4.79 Å². The van der Waals surface area contributed by atoms with Gasteiger partial charge in [-0.05, 0) is 25.8 Å². The smallest absolute Gasteiger partial charge is 0.251 e. The highest BCUT2D eigenvalue weighted by Crippen LogP contribution is 2.19. The minimum Gasteiger partial charge on any atom is -0.308 e. The first-order valence-corrected chi connectivity index (χ1v) is 6.34. The third-order valence-electron chi connectivity index (χ3n) is 2.96. The average Bonchev–Trinajstić information content (AvgIpc) is 3.20. The molecule has 0 saturated heterocycles. The van der Waals surface area contributed by atoms with Crippen molar-refractivity contribution in [2.45, 2.75) is 32.4 Å². The van der Waals surface area contributed by atoms with Crippen molar-refractivity contribution in [2.75, 3.05) is 0 Å². The highest BCUT2D eigenvalue weighted by molar-refractivity contribution is 5.47. The van der Waals surface area contributed by atoms with Crippen molar-refractivity contribution in [2.24, 2.45) is 0 Å². The molecule has 19 heavy (non-hydrogen) atoms. The second kappa shape index (κ2) is 4.89. The van der Waals surface area contributed by atoms with Crippen molar-refractivity contribution in [1.29, 1.82) is 0 Å². The van der Waals surface area contributed by atoms with Gasteiger partial charge in [0.05, 0.1) is 5.69 Å². The molecule has 0 bridgehead atoms. The number of nitrogens with one attached hydrogen (secondary N) is 2. The molecule has 1 aliphatic rings. The summed E-state index contributed by atoms with van der Waals surface area (Å²) in [6, 6.07) is 3.85. The molecule has 6 nitrogen and oxygen atoms in total. The van der Waals surface area contributed by atoms with Crippen molar-refractivity contribution in [3.8, 4) is 11.5 Å². The maximum Gasteiger partial charge on any atom is 0.251 e. The van der Waals surface area contributed by atoms with Gasteiger partial charge in [-0.15, -0.1) is 0 Å². The molecule has 0 unspecified atom stereocenters. The summed E-state index contributed by atoms with van der Waals surface area (Å²) in [5.41, 5.74) is 1.22. The lowest BCUT2D eigenvalue weighted by Gasteiger charge is -2.05. The molecule has 0 radical (unpaired) electrons. The number of aryl methyl sites for hydroxylation is 1. The quantitative estimate of drug-likeness (QED) is 0.846. The van der Waals surface area contributed by atoms with E-state index >= 15 is 0 Å². The van der Waals surface area contributed by atoms with Crippen LogP contribution < -0.4 is 10.9 Å². The van der Waals surface area contributed by atoms with Crippen LogP contribution in [0.25, 0.3) is 11.5 Å². The largest absolute Gasteiger partial charge is 0.308 e. The van der Waals surface area contributed by atoms with Crippen LogP contribution in [-0.2, 0) is 6.54 Å². The van der Waals surface area contributed by atoms with E-state index in [4.69, 9.17) is 0 Å². The Balaban J connectivity index is 1.89. The highest BCUT2D eigenvalue weighted by Gasteiger charge is 2.20. The Kier molecular flexibility index (Phi) is 3.08. The molecule has 1 saturated carbocycles.